The highest BCUT2D eigenvalue weighted by atomic mass is 32.1. The third-order valence-electron chi connectivity index (χ3n) is 3.04. The molecule has 2 aromatic rings. The first-order chi connectivity index (χ1) is 8.64. The number of rotatable bonds is 0. The number of hydrogen-bond donors (Lipinski definition) is 1. The van der Waals surface area contributed by atoms with Crippen molar-refractivity contribution in [3.8, 4) is 0 Å². The second kappa shape index (κ2) is 4.12. The van der Waals surface area contributed by atoms with Gasteiger partial charge in [-0.1, -0.05) is 33.0 Å². The fraction of sp³-hybridized carbons (Fsp3) is 0.500. The molecule has 0 aliphatic rings. The molecule has 0 aliphatic heterocycles. The van der Waals surface area contributed by atoms with E-state index in [-0.39, 0.29) is 15.4 Å². The molecule has 102 valence electrons. The zero-order chi connectivity index (χ0) is 14.5. The third kappa shape index (κ3) is 2.03. The standard InChI is InChI=1S/C12H16N4O2S/c1-12(2,3)10-13-7-6(8(19)14-10)9(17)16(5)11(18)15(7)4/h1-5H3,(H,13,14,19). The Balaban J connectivity index is 3.12. The van der Waals surface area contributed by atoms with Crippen LogP contribution >= 0.6 is 12.2 Å². The van der Waals surface area contributed by atoms with Crippen LogP contribution in [0.4, 0.5) is 0 Å². The number of hydrogen-bond acceptors (Lipinski definition) is 4. The van der Waals surface area contributed by atoms with Crippen LogP contribution in [0.5, 0.6) is 0 Å². The van der Waals surface area contributed by atoms with E-state index in [1.165, 1.54) is 11.6 Å². The number of aromatic amines is 1. The van der Waals surface area contributed by atoms with Crippen molar-refractivity contribution >= 4 is 23.3 Å². The first kappa shape index (κ1) is 13.7. The van der Waals surface area contributed by atoms with E-state index in [4.69, 9.17) is 12.2 Å². The first-order valence-electron chi connectivity index (χ1n) is 5.85. The van der Waals surface area contributed by atoms with Gasteiger partial charge in [0, 0.05) is 19.5 Å². The van der Waals surface area contributed by atoms with Gasteiger partial charge in [-0.2, -0.15) is 0 Å². The second-order valence-corrected chi connectivity index (χ2v) is 5.96. The Kier molecular flexibility index (Phi) is 2.97. The lowest BCUT2D eigenvalue weighted by atomic mass is 9.96. The van der Waals surface area contributed by atoms with E-state index in [2.05, 4.69) is 9.97 Å². The highest BCUT2D eigenvalue weighted by Crippen LogP contribution is 2.19. The van der Waals surface area contributed by atoms with Crippen molar-refractivity contribution < 1.29 is 0 Å². The molecular formula is C12H16N4O2S. The van der Waals surface area contributed by atoms with Gasteiger partial charge in [-0.25, -0.2) is 9.78 Å². The summed E-state index contributed by atoms with van der Waals surface area (Å²) in [4.78, 5) is 31.4. The molecule has 0 amide bonds. The lowest BCUT2D eigenvalue weighted by molar-refractivity contribution is 0.544. The van der Waals surface area contributed by atoms with Gasteiger partial charge in [0.05, 0.1) is 0 Å². The molecule has 7 heteroatoms. The van der Waals surface area contributed by atoms with Crippen molar-refractivity contribution in [1.29, 1.82) is 0 Å². The van der Waals surface area contributed by atoms with Gasteiger partial charge in [0.2, 0.25) is 0 Å². The number of nitrogens with one attached hydrogen (secondary N) is 1. The van der Waals surface area contributed by atoms with Gasteiger partial charge in [0.15, 0.2) is 0 Å². The Bertz CT molecular complexity index is 836. The molecule has 19 heavy (non-hydrogen) atoms. The van der Waals surface area contributed by atoms with Crippen molar-refractivity contribution in [2.24, 2.45) is 14.1 Å². The van der Waals surface area contributed by atoms with Gasteiger partial charge < -0.3 is 4.98 Å². The van der Waals surface area contributed by atoms with Gasteiger partial charge in [-0.3, -0.25) is 13.9 Å². The molecule has 0 aromatic carbocycles. The van der Waals surface area contributed by atoms with Crippen LogP contribution in [-0.2, 0) is 19.5 Å². The molecular weight excluding hydrogens is 264 g/mol. The monoisotopic (exact) mass is 280 g/mol. The second-order valence-electron chi connectivity index (χ2n) is 5.57. The summed E-state index contributed by atoms with van der Waals surface area (Å²) in [6.45, 7) is 5.93. The van der Waals surface area contributed by atoms with Crippen LogP contribution < -0.4 is 11.2 Å². The van der Waals surface area contributed by atoms with Crippen LogP contribution in [0.3, 0.4) is 0 Å². The van der Waals surface area contributed by atoms with E-state index in [1.54, 1.807) is 7.05 Å². The molecule has 0 bridgehead atoms. The average Bonchev–Trinajstić information content (AvgIpc) is 2.31. The van der Waals surface area contributed by atoms with E-state index in [9.17, 15) is 9.59 Å². The summed E-state index contributed by atoms with van der Waals surface area (Å²) in [5, 5.41) is 0.271. The zero-order valence-electron chi connectivity index (χ0n) is 11.6. The lowest BCUT2D eigenvalue weighted by Crippen LogP contribution is -2.38. The number of nitrogens with zero attached hydrogens (tertiary/aromatic N) is 3. The highest BCUT2D eigenvalue weighted by molar-refractivity contribution is 7.71. The third-order valence-corrected chi connectivity index (χ3v) is 3.33. The van der Waals surface area contributed by atoms with Gasteiger partial charge in [0.25, 0.3) is 5.56 Å². The summed E-state index contributed by atoms with van der Waals surface area (Å²) in [5.41, 5.74) is -0.654. The summed E-state index contributed by atoms with van der Waals surface area (Å²) in [7, 11) is 3.03. The summed E-state index contributed by atoms with van der Waals surface area (Å²) >= 11 is 5.20. The van der Waals surface area contributed by atoms with Gasteiger partial charge >= 0.3 is 5.69 Å². The number of fused-ring (bicyclic) bond motifs is 1. The maximum Gasteiger partial charge on any atom is 0.332 e. The van der Waals surface area contributed by atoms with E-state index >= 15 is 0 Å². The molecule has 6 nitrogen and oxygen atoms in total. The number of H-pyrrole nitrogens is 1. The molecule has 2 aromatic heterocycles. The maximum atomic E-state index is 12.1. The predicted octanol–water partition coefficient (Wildman–Crippen LogP) is 0.987. The first-order valence-corrected chi connectivity index (χ1v) is 6.26. The Morgan fingerprint density at radius 3 is 2.26 bits per heavy atom. The minimum absolute atomic E-state index is 0.217. The Labute approximate surface area is 114 Å². The topological polar surface area (TPSA) is 72.7 Å². The molecule has 2 heterocycles. The Morgan fingerprint density at radius 1 is 1.16 bits per heavy atom. The molecule has 0 spiro atoms. The Morgan fingerprint density at radius 2 is 1.74 bits per heavy atom. The van der Waals surface area contributed by atoms with Gasteiger partial charge in [-0.05, 0) is 0 Å². The minimum Gasteiger partial charge on any atom is -0.329 e. The maximum absolute atomic E-state index is 12.1. The van der Waals surface area contributed by atoms with Gasteiger partial charge in [-0.15, -0.1) is 0 Å². The largest absolute Gasteiger partial charge is 0.332 e. The lowest BCUT2D eigenvalue weighted by Gasteiger charge is -2.18. The fourth-order valence-corrected chi connectivity index (χ4v) is 2.11. The quantitative estimate of drug-likeness (QED) is 0.730. The van der Waals surface area contributed by atoms with Crippen LogP contribution in [0.1, 0.15) is 26.6 Å². The van der Waals surface area contributed by atoms with Crippen LogP contribution in [0.15, 0.2) is 9.59 Å². The van der Waals surface area contributed by atoms with E-state index in [0.717, 1.165) is 4.57 Å². The molecule has 1 N–H and O–H groups in total. The highest BCUT2D eigenvalue weighted by Gasteiger charge is 2.19. The molecule has 0 fully saturated rings. The number of aromatic nitrogens is 4. The van der Waals surface area contributed by atoms with E-state index in [1.807, 2.05) is 20.8 Å². The molecule has 0 aliphatic carbocycles. The smallest absolute Gasteiger partial charge is 0.329 e. The molecule has 0 saturated heterocycles. The molecule has 2 rings (SSSR count). The van der Waals surface area contributed by atoms with E-state index in [0.29, 0.717) is 11.5 Å². The molecule has 0 atom stereocenters. The van der Waals surface area contributed by atoms with Crippen molar-refractivity contribution in [3.63, 3.8) is 0 Å². The van der Waals surface area contributed by atoms with Crippen LogP contribution in [0, 0.1) is 4.64 Å². The summed E-state index contributed by atoms with van der Waals surface area (Å²) in [6, 6.07) is 0. The van der Waals surface area contributed by atoms with Crippen molar-refractivity contribution in [1.82, 2.24) is 19.1 Å². The minimum atomic E-state index is -0.424. The normalized spacial score (nSPS) is 12.1. The average molecular weight is 280 g/mol. The summed E-state index contributed by atoms with van der Waals surface area (Å²) in [6.07, 6.45) is 0. The van der Waals surface area contributed by atoms with Crippen LogP contribution in [-0.4, -0.2) is 19.1 Å². The summed E-state index contributed by atoms with van der Waals surface area (Å²) in [5.74, 6) is 0.647. The molecule has 0 saturated carbocycles. The molecule has 0 unspecified atom stereocenters. The van der Waals surface area contributed by atoms with Crippen LogP contribution in [0.25, 0.3) is 11.0 Å². The SMILES string of the molecule is Cn1c(=O)c2c(=S)nc(C(C)(C)C)[nH]c2n(C)c1=O. The Hall–Kier alpha value is -1.76. The van der Waals surface area contributed by atoms with Crippen molar-refractivity contribution in [2.45, 2.75) is 26.2 Å². The van der Waals surface area contributed by atoms with Crippen LogP contribution in [0.2, 0.25) is 0 Å². The van der Waals surface area contributed by atoms with E-state index < -0.39 is 11.2 Å². The predicted molar refractivity (Wildman–Crippen MR) is 76.1 cm³/mol. The van der Waals surface area contributed by atoms with Gasteiger partial charge in [0.1, 0.15) is 21.5 Å². The fourth-order valence-electron chi connectivity index (χ4n) is 1.84. The molecule has 0 radical (unpaired) electrons. The van der Waals surface area contributed by atoms with Crippen molar-refractivity contribution in [2.75, 3.05) is 0 Å². The zero-order valence-corrected chi connectivity index (χ0v) is 12.4. The summed E-state index contributed by atoms with van der Waals surface area (Å²) < 4.78 is 2.63. The van der Waals surface area contributed by atoms with Crippen molar-refractivity contribution in [3.05, 3.63) is 31.3 Å². The number of aryl methyl sites for hydroxylation is 1.